The van der Waals surface area contributed by atoms with Crippen LogP contribution in [0.25, 0.3) is 0 Å². The number of aromatic hydroxyl groups is 1. The second-order valence-electron chi connectivity index (χ2n) is 4.91. The fourth-order valence-electron chi connectivity index (χ4n) is 2.42. The molecule has 1 N–H and O–H groups in total. The number of hydrogen-bond acceptors (Lipinski definition) is 6. The van der Waals surface area contributed by atoms with Crippen molar-refractivity contribution in [2.24, 2.45) is 0 Å². The summed E-state index contributed by atoms with van der Waals surface area (Å²) in [7, 11) is 0. The Kier molecular flexibility index (Phi) is 4.26. The lowest BCUT2D eigenvalue weighted by Crippen LogP contribution is -2.43. The molecule has 2 amide bonds. The van der Waals surface area contributed by atoms with Crippen LogP contribution >= 0.6 is 23.5 Å². The molecule has 5 nitrogen and oxygen atoms in total. The van der Waals surface area contributed by atoms with E-state index in [9.17, 15) is 19.5 Å². The van der Waals surface area contributed by atoms with Crippen LogP contribution in [-0.4, -0.2) is 45.7 Å². The van der Waals surface area contributed by atoms with Gasteiger partial charge in [-0.3, -0.25) is 14.5 Å². The van der Waals surface area contributed by atoms with E-state index in [1.807, 2.05) is 0 Å². The van der Waals surface area contributed by atoms with Gasteiger partial charge in [-0.05, 0) is 17.7 Å². The van der Waals surface area contributed by atoms with E-state index in [-0.39, 0.29) is 24.0 Å². The lowest BCUT2D eigenvalue weighted by molar-refractivity contribution is -0.142. The predicted octanol–water partition coefficient (Wildman–Crippen LogP) is 1.56. The van der Waals surface area contributed by atoms with Gasteiger partial charge in [0, 0.05) is 17.9 Å². The van der Waals surface area contributed by atoms with Gasteiger partial charge in [0.25, 0.3) is 11.8 Å². The molecule has 7 heteroatoms. The molecule has 1 atom stereocenters. The van der Waals surface area contributed by atoms with E-state index in [1.54, 1.807) is 12.1 Å². The van der Waals surface area contributed by atoms with Crippen molar-refractivity contribution in [3.05, 3.63) is 39.6 Å². The normalized spacial score (nSPS) is 19.4. The Bertz CT molecular complexity index is 641. The minimum atomic E-state index is -0.823. The molecule has 0 aromatic heterocycles. The maximum absolute atomic E-state index is 12.4. The summed E-state index contributed by atoms with van der Waals surface area (Å²) in [4.78, 5) is 38.3. The highest BCUT2D eigenvalue weighted by Gasteiger charge is 2.43. The van der Waals surface area contributed by atoms with E-state index in [1.165, 1.54) is 35.7 Å². The van der Waals surface area contributed by atoms with Gasteiger partial charge in [0.05, 0.1) is 15.9 Å². The van der Waals surface area contributed by atoms with E-state index in [0.29, 0.717) is 16.1 Å². The van der Waals surface area contributed by atoms with Crippen LogP contribution in [0, 0.1) is 0 Å². The highest BCUT2D eigenvalue weighted by molar-refractivity contribution is 8.11. The lowest BCUT2D eigenvalue weighted by Gasteiger charge is -2.21. The number of carbonyl (C=O) groups excluding carboxylic acids is 3. The van der Waals surface area contributed by atoms with E-state index < -0.39 is 6.04 Å². The first-order chi connectivity index (χ1) is 10.6. The molecule has 2 aliphatic heterocycles. The largest absolute Gasteiger partial charge is 0.508 e. The fraction of sp³-hybridized carbons (Fsp3) is 0.267. The first kappa shape index (κ1) is 15.2. The zero-order chi connectivity index (χ0) is 15.7. The molecule has 0 unspecified atom stereocenters. The molecule has 0 bridgehead atoms. The molecule has 0 aliphatic carbocycles. The molecule has 3 rings (SSSR count). The monoisotopic (exact) mass is 335 g/mol. The maximum Gasteiger partial charge on any atom is 0.269 e. The number of phenols is 1. The van der Waals surface area contributed by atoms with Crippen molar-refractivity contribution < 1.29 is 19.5 Å². The summed E-state index contributed by atoms with van der Waals surface area (Å²) < 4.78 is 0. The molecule has 1 aromatic rings. The van der Waals surface area contributed by atoms with Gasteiger partial charge < -0.3 is 9.90 Å². The summed E-state index contributed by atoms with van der Waals surface area (Å²) in [6.07, 6.45) is 0.883. The molecule has 0 saturated heterocycles. The van der Waals surface area contributed by atoms with Crippen LogP contribution in [0.4, 0.5) is 0 Å². The Morgan fingerprint density at radius 1 is 1.09 bits per heavy atom. The zero-order valence-electron chi connectivity index (χ0n) is 11.5. The molecule has 1 aromatic carbocycles. The summed E-state index contributed by atoms with van der Waals surface area (Å²) in [6.45, 7) is 0. The molecular weight excluding hydrogens is 322 g/mol. The Hall–Kier alpha value is -1.73. The second-order valence-corrected chi connectivity index (χ2v) is 7.12. The lowest BCUT2D eigenvalue weighted by atomic mass is 10.1. The summed E-state index contributed by atoms with van der Waals surface area (Å²) >= 11 is 2.77. The van der Waals surface area contributed by atoms with Crippen molar-refractivity contribution >= 4 is 41.6 Å². The van der Waals surface area contributed by atoms with E-state index in [0.717, 1.165) is 22.0 Å². The van der Waals surface area contributed by atoms with Crippen molar-refractivity contribution in [1.82, 2.24) is 4.90 Å². The number of carbonyl (C=O) groups is 3. The number of nitrogens with zero attached hydrogens (tertiary/aromatic N) is 1. The van der Waals surface area contributed by atoms with Gasteiger partial charge in [0.2, 0.25) is 0 Å². The van der Waals surface area contributed by atoms with Crippen LogP contribution in [-0.2, 0) is 20.8 Å². The first-order valence-electron chi connectivity index (χ1n) is 6.73. The third-order valence-electron chi connectivity index (χ3n) is 3.48. The number of aldehydes is 1. The molecule has 0 radical (unpaired) electrons. The molecule has 114 valence electrons. The smallest absolute Gasteiger partial charge is 0.269 e. The van der Waals surface area contributed by atoms with Crippen LogP contribution in [0.15, 0.2) is 34.1 Å². The second kappa shape index (κ2) is 6.18. The van der Waals surface area contributed by atoms with Crippen LogP contribution in [0.5, 0.6) is 5.75 Å². The Morgan fingerprint density at radius 2 is 1.64 bits per heavy atom. The number of hydrogen-bond donors (Lipinski definition) is 1. The van der Waals surface area contributed by atoms with E-state index >= 15 is 0 Å². The maximum atomic E-state index is 12.4. The molecule has 0 saturated carbocycles. The number of thioether (sulfide) groups is 2. The number of rotatable bonds is 4. The van der Waals surface area contributed by atoms with Crippen LogP contribution in [0.2, 0.25) is 0 Å². The van der Waals surface area contributed by atoms with Gasteiger partial charge in [-0.2, -0.15) is 0 Å². The van der Waals surface area contributed by atoms with Gasteiger partial charge in [0.1, 0.15) is 12.0 Å². The van der Waals surface area contributed by atoms with Gasteiger partial charge in [-0.15, -0.1) is 23.5 Å². The summed E-state index contributed by atoms with van der Waals surface area (Å²) in [5.41, 5.74) is 0.778. The highest BCUT2D eigenvalue weighted by atomic mass is 32.2. The summed E-state index contributed by atoms with van der Waals surface area (Å²) in [5.74, 6) is 0.978. The van der Waals surface area contributed by atoms with E-state index in [2.05, 4.69) is 0 Å². The van der Waals surface area contributed by atoms with Gasteiger partial charge >= 0.3 is 0 Å². The van der Waals surface area contributed by atoms with Crippen molar-refractivity contribution in [3.63, 3.8) is 0 Å². The van der Waals surface area contributed by atoms with Gasteiger partial charge in [-0.1, -0.05) is 12.1 Å². The minimum absolute atomic E-state index is 0.129. The molecule has 22 heavy (non-hydrogen) atoms. The fourth-order valence-corrected chi connectivity index (χ4v) is 4.73. The number of imide groups is 1. The molecule has 2 heterocycles. The molecular formula is C15H13NO4S2. The SMILES string of the molecule is O=C[C@H](Cc1ccc(O)cc1)N1C(=O)C2=C(SCCS2)C1=O. The van der Waals surface area contributed by atoms with Gasteiger partial charge in [-0.25, -0.2) is 0 Å². The van der Waals surface area contributed by atoms with Crippen molar-refractivity contribution in [3.8, 4) is 5.75 Å². The molecule has 2 aliphatic rings. The number of amides is 2. The third-order valence-corrected chi connectivity index (χ3v) is 6.02. The average Bonchev–Trinajstić information content (AvgIpc) is 2.79. The number of phenolic OH excluding ortho intramolecular Hbond substituents is 1. The topological polar surface area (TPSA) is 74.7 Å². The Labute approximate surface area is 135 Å². The van der Waals surface area contributed by atoms with Crippen LogP contribution < -0.4 is 0 Å². The summed E-state index contributed by atoms with van der Waals surface area (Å²) in [6, 6.07) is 5.55. The van der Waals surface area contributed by atoms with Gasteiger partial charge in [0.15, 0.2) is 0 Å². The zero-order valence-corrected chi connectivity index (χ0v) is 13.2. The van der Waals surface area contributed by atoms with E-state index in [4.69, 9.17) is 0 Å². The third kappa shape index (κ3) is 2.66. The molecule has 0 fully saturated rings. The van der Waals surface area contributed by atoms with Crippen molar-refractivity contribution in [2.45, 2.75) is 12.5 Å². The van der Waals surface area contributed by atoms with Crippen molar-refractivity contribution in [2.75, 3.05) is 11.5 Å². The Morgan fingerprint density at radius 3 is 2.14 bits per heavy atom. The molecule has 0 spiro atoms. The standard InChI is InChI=1S/C15H13NO4S2/c17-8-10(7-9-1-3-11(18)4-2-9)16-14(19)12-13(15(16)20)22-6-5-21-12/h1-4,8,10,18H,5-7H2/t10-/m0/s1. The quantitative estimate of drug-likeness (QED) is 0.665. The average molecular weight is 335 g/mol. The van der Waals surface area contributed by atoms with Crippen molar-refractivity contribution in [1.29, 1.82) is 0 Å². The first-order valence-corrected chi connectivity index (χ1v) is 8.70. The summed E-state index contributed by atoms with van der Waals surface area (Å²) in [5, 5.41) is 9.28. The van der Waals surface area contributed by atoms with Crippen LogP contribution in [0.3, 0.4) is 0 Å². The predicted molar refractivity (Wildman–Crippen MR) is 85.5 cm³/mol. The van der Waals surface area contributed by atoms with Crippen LogP contribution in [0.1, 0.15) is 5.56 Å². The minimum Gasteiger partial charge on any atom is -0.508 e. The number of benzene rings is 1. The highest BCUT2D eigenvalue weighted by Crippen LogP contribution is 2.41. The Balaban J connectivity index is 1.82.